The topological polar surface area (TPSA) is 59.4 Å². The lowest BCUT2D eigenvalue weighted by Crippen LogP contribution is -2.38. The van der Waals surface area contributed by atoms with Crippen molar-refractivity contribution in [3.8, 4) is 5.75 Å². The molecule has 3 rings (SSSR count). The number of likely N-dealkylation sites (N-methyl/N-ethyl adjacent to an activating group) is 1. The van der Waals surface area contributed by atoms with E-state index in [9.17, 15) is 4.79 Å². The van der Waals surface area contributed by atoms with Gasteiger partial charge >= 0.3 is 0 Å². The maximum Gasteiger partial charge on any atom is 0.239 e. The third kappa shape index (κ3) is 4.10. The monoisotopic (exact) mass is 370 g/mol. The number of benzene rings is 1. The van der Waals surface area contributed by atoms with Crippen molar-refractivity contribution in [1.29, 1.82) is 0 Å². The van der Waals surface area contributed by atoms with Crippen LogP contribution < -0.4 is 15.0 Å². The molecule has 0 radical (unpaired) electrons. The average Bonchev–Trinajstić information content (AvgIpc) is 3.07. The molecule has 1 atom stereocenters. The Hall–Kier alpha value is -2.50. The fourth-order valence-electron chi connectivity index (χ4n) is 3.77. The molecule has 1 aromatic heterocycles. The number of fused-ring (bicyclic) bond motifs is 1. The molecule has 0 saturated heterocycles. The molecule has 1 amide bonds. The maximum absolute atomic E-state index is 12.7. The fourth-order valence-corrected chi connectivity index (χ4v) is 3.77. The highest BCUT2D eigenvalue weighted by Gasteiger charge is 2.29. The summed E-state index contributed by atoms with van der Waals surface area (Å²) in [7, 11) is 3.55. The van der Waals surface area contributed by atoms with E-state index in [1.807, 2.05) is 42.4 Å². The predicted molar refractivity (Wildman–Crippen MR) is 107 cm³/mol. The van der Waals surface area contributed by atoms with Gasteiger partial charge in [-0.25, -0.2) is 0 Å². The summed E-state index contributed by atoms with van der Waals surface area (Å²) in [6.45, 7) is 6.75. The normalized spacial score (nSPS) is 16.6. The van der Waals surface area contributed by atoms with E-state index in [4.69, 9.17) is 4.74 Å². The molecular weight excluding hydrogens is 340 g/mol. The number of amides is 1. The Morgan fingerprint density at radius 2 is 2.11 bits per heavy atom. The van der Waals surface area contributed by atoms with Crippen molar-refractivity contribution in [3.05, 3.63) is 41.7 Å². The van der Waals surface area contributed by atoms with Crippen LogP contribution in [-0.4, -0.2) is 36.4 Å². The molecular formula is C21H30N4O2. The standard InChI is InChI=1S/C21H30N4O2/c1-21(2,3)25-17-11-8-9-16(15(17)13-22-25)23-20(26)14-24(4)18-10-6-7-12-19(18)27-5/h6-7,10,12-13,16H,8-9,11,14H2,1-5H3,(H,23,26)/t16-/m0/s1. The Labute approximate surface area is 161 Å². The summed E-state index contributed by atoms with van der Waals surface area (Å²) in [6, 6.07) is 7.76. The third-order valence-corrected chi connectivity index (χ3v) is 5.03. The van der Waals surface area contributed by atoms with Gasteiger partial charge in [0.2, 0.25) is 5.91 Å². The van der Waals surface area contributed by atoms with Crippen LogP contribution in [0.15, 0.2) is 30.5 Å². The molecule has 2 aromatic rings. The summed E-state index contributed by atoms with van der Waals surface area (Å²) in [6.07, 6.45) is 4.95. The second-order valence-electron chi connectivity index (χ2n) is 8.17. The van der Waals surface area contributed by atoms with E-state index in [2.05, 4.69) is 35.9 Å². The van der Waals surface area contributed by atoms with Gasteiger partial charge in [0.1, 0.15) is 5.75 Å². The van der Waals surface area contributed by atoms with E-state index >= 15 is 0 Å². The van der Waals surface area contributed by atoms with Crippen LogP contribution in [0.25, 0.3) is 0 Å². The molecule has 1 heterocycles. The van der Waals surface area contributed by atoms with Crippen LogP contribution in [0.1, 0.15) is 50.9 Å². The summed E-state index contributed by atoms with van der Waals surface area (Å²) >= 11 is 0. The van der Waals surface area contributed by atoms with Crippen LogP contribution >= 0.6 is 0 Å². The Morgan fingerprint density at radius 1 is 1.37 bits per heavy atom. The van der Waals surface area contributed by atoms with Crippen LogP contribution in [0.2, 0.25) is 0 Å². The first kappa shape index (κ1) is 19.3. The van der Waals surface area contributed by atoms with Gasteiger partial charge in [0.05, 0.1) is 37.1 Å². The van der Waals surface area contributed by atoms with E-state index in [0.717, 1.165) is 36.3 Å². The molecule has 0 aliphatic heterocycles. The summed E-state index contributed by atoms with van der Waals surface area (Å²) < 4.78 is 7.49. The summed E-state index contributed by atoms with van der Waals surface area (Å²) in [5.41, 5.74) is 3.26. The minimum Gasteiger partial charge on any atom is -0.495 e. The van der Waals surface area contributed by atoms with Crippen molar-refractivity contribution in [1.82, 2.24) is 15.1 Å². The molecule has 0 unspecified atom stereocenters. The molecule has 1 N–H and O–H groups in total. The van der Waals surface area contributed by atoms with Crippen LogP contribution in [-0.2, 0) is 16.8 Å². The van der Waals surface area contributed by atoms with E-state index < -0.39 is 0 Å². The molecule has 0 spiro atoms. The number of ether oxygens (including phenoxy) is 1. The highest BCUT2D eigenvalue weighted by atomic mass is 16.5. The first-order valence-corrected chi connectivity index (χ1v) is 9.52. The number of aromatic nitrogens is 2. The highest BCUT2D eigenvalue weighted by molar-refractivity contribution is 5.82. The van der Waals surface area contributed by atoms with Gasteiger partial charge in [0, 0.05) is 18.3 Å². The van der Waals surface area contributed by atoms with E-state index in [1.54, 1.807) is 7.11 Å². The van der Waals surface area contributed by atoms with Gasteiger partial charge < -0.3 is 15.0 Å². The van der Waals surface area contributed by atoms with Crippen molar-refractivity contribution in [2.75, 3.05) is 25.6 Å². The zero-order chi connectivity index (χ0) is 19.6. The molecule has 1 aromatic carbocycles. The van der Waals surface area contributed by atoms with Gasteiger partial charge in [-0.15, -0.1) is 0 Å². The second-order valence-corrected chi connectivity index (χ2v) is 8.17. The molecule has 0 saturated carbocycles. The van der Waals surface area contributed by atoms with E-state index in [-0.39, 0.29) is 24.0 Å². The molecule has 0 fully saturated rings. The first-order chi connectivity index (χ1) is 12.8. The van der Waals surface area contributed by atoms with Crippen molar-refractivity contribution < 1.29 is 9.53 Å². The van der Waals surface area contributed by atoms with Crippen molar-refractivity contribution in [3.63, 3.8) is 0 Å². The third-order valence-electron chi connectivity index (χ3n) is 5.03. The molecule has 0 bridgehead atoms. The van der Waals surface area contributed by atoms with Crippen molar-refractivity contribution in [2.45, 2.75) is 51.6 Å². The van der Waals surface area contributed by atoms with Crippen molar-refractivity contribution in [2.24, 2.45) is 0 Å². The van der Waals surface area contributed by atoms with Gasteiger partial charge in [-0.3, -0.25) is 9.48 Å². The number of rotatable bonds is 5. The second kappa shape index (κ2) is 7.62. The number of para-hydroxylation sites is 2. The summed E-state index contributed by atoms with van der Waals surface area (Å²) in [5.74, 6) is 0.768. The van der Waals surface area contributed by atoms with Gasteiger partial charge in [0.25, 0.3) is 0 Å². The van der Waals surface area contributed by atoms with Crippen LogP contribution in [0, 0.1) is 0 Å². The fraction of sp³-hybridized carbons (Fsp3) is 0.524. The number of nitrogens with zero attached hydrogens (tertiary/aromatic N) is 3. The Kier molecular flexibility index (Phi) is 5.44. The largest absolute Gasteiger partial charge is 0.495 e. The molecule has 6 nitrogen and oxygen atoms in total. The van der Waals surface area contributed by atoms with Crippen LogP contribution in [0.3, 0.4) is 0 Å². The lowest BCUT2D eigenvalue weighted by Gasteiger charge is -2.29. The number of carbonyl (C=O) groups is 1. The molecule has 146 valence electrons. The average molecular weight is 370 g/mol. The van der Waals surface area contributed by atoms with Crippen LogP contribution in [0.4, 0.5) is 5.69 Å². The molecule has 1 aliphatic rings. The van der Waals surface area contributed by atoms with Gasteiger partial charge in [0.15, 0.2) is 0 Å². The number of hydrogen-bond acceptors (Lipinski definition) is 4. The number of anilines is 1. The summed E-state index contributed by atoms with van der Waals surface area (Å²) in [4.78, 5) is 14.6. The lowest BCUT2D eigenvalue weighted by atomic mass is 9.92. The van der Waals surface area contributed by atoms with Crippen LogP contribution in [0.5, 0.6) is 5.75 Å². The summed E-state index contributed by atoms with van der Waals surface area (Å²) in [5, 5.41) is 7.80. The van der Waals surface area contributed by atoms with Gasteiger partial charge in [-0.05, 0) is 52.2 Å². The zero-order valence-corrected chi connectivity index (χ0v) is 17.0. The Balaban J connectivity index is 1.70. The predicted octanol–water partition coefficient (Wildman–Crippen LogP) is 3.28. The molecule has 6 heteroatoms. The molecule has 1 aliphatic carbocycles. The number of hydrogen-bond donors (Lipinski definition) is 1. The smallest absolute Gasteiger partial charge is 0.239 e. The van der Waals surface area contributed by atoms with Gasteiger partial charge in [-0.2, -0.15) is 5.10 Å². The van der Waals surface area contributed by atoms with E-state index in [1.165, 1.54) is 5.69 Å². The minimum absolute atomic E-state index is 0.00441. The lowest BCUT2D eigenvalue weighted by molar-refractivity contribution is -0.120. The first-order valence-electron chi connectivity index (χ1n) is 9.52. The molecule has 27 heavy (non-hydrogen) atoms. The highest BCUT2D eigenvalue weighted by Crippen LogP contribution is 2.32. The maximum atomic E-state index is 12.7. The Morgan fingerprint density at radius 3 is 2.81 bits per heavy atom. The SMILES string of the molecule is COc1ccccc1N(C)CC(=O)N[C@H]1CCCc2c1cnn2C(C)(C)C. The van der Waals surface area contributed by atoms with Gasteiger partial charge in [-0.1, -0.05) is 12.1 Å². The number of nitrogens with one attached hydrogen (secondary N) is 1. The minimum atomic E-state index is -0.0520. The number of carbonyl (C=O) groups excluding carboxylic acids is 1. The zero-order valence-electron chi connectivity index (χ0n) is 17.0. The van der Waals surface area contributed by atoms with E-state index in [0.29, 0.717) is 0 Å². The Bertz CT molecular complexity index is 807. The quantitative estimate of drug-likeness (QED) is 0.877. The number of methoxy groups -OCH3 is 1. The van der Waals surface area contributed by atoms with Crippen molar-refractivity contribution >= 4 is 11.6 Å².